The molecule has 2 N–H and O–H groups in total. The summed E-state index contributed by atoms with van der Waals surface area (Å²) in [7, 11) is 0. The molecule has 0 radical (unpaired) electrons. The van der Waals surface area contributed by atoms with Crippen molar-refractivity contribution < 1.29 is 14.0 Å². The number of rotatable bonds is 6. The number of hydrogen-bond acceptors (Lipinski definition) is 4. The van der Waals surface area contributed by atoms with Gasteiger partial charge in [0, 0.05) is 31.9 Å². The third-order valence-corrected chi connectivity index (χ3v) is 6.01. The van der Waals surface area contributed by atoms with Gasteiger partial charge in [-0.1, -0.05) is 30.3 Å². The largest absolute Gasteiger partial charge is 0.348 e. The normalized spacial score (nSPS) is 19.5. The number of nitrogens with zero attached hydrogens (tertiary/aromatic N) is 2. The van der Waals surface area contributed by atoms with Crippen LogP contribution in [0.1, 0.15) is 30.0 Å². The second-order valence-corrected chi connectivity index (χ2v) is 8.32. The summed E-state index contributed by atoms with van der Waals surface area (Å²) in [6.45, 7) is 3.55. The maximum Gasteiger partial charge on any atom is 0.238 e. The zero-order chi connectivity index (χ0) is 21.6. The van der Waals surface area contributed by atoms with Gasteiger partial charge in [-0.2, -0.15) is 0 Å². The van der Waals surface area contributed by atoms with Crippen LogP contribution >= 0.6 is 0 Å². The number of nitrogens with one attached hydrogen (secondary N) is 2. The Hall–Kier alpha value is -2.77. The van der Waals surface area contributed by atoms with Crippen LogP contribution in [0.3, 0.4) is 0 Å². The van der Waals surface area contributed by atoms with E-state index in [0.717, 1.165) is 45.4 Å². The smallest absolute Gasteiger partial charge is 0.238 e. The molecule has 2 aromatic rings. The number of aryl methyl sites for hydroxylation is 1. The van der Waals surface area contributed by atoms with Crippen LogP contribution in [0.15, 0.2) is 48.5 Å². The number of anilines is 1. The monoisotopic (exact) mass is 424 g/mol. The highest BCUT2D eigenvalue weighted by Crippen LogP contribution is 2.29. The molecule has 0 spiro atoms. The van der Waals surface area contributed by atoms with Crippen molar-refractivity contribution in [2.45, 2.75) is 25.3 Å². The van der Waals surface area contributed by atoms with E-state index in [9.17, 15) is 14.0 Å². The summed E-state index contributed by atoms with van der Waals surface area (Å²) >= 11 is 0. The van der Waals surface area contributed by atoms with Gasteiger partial charge in [0.2, 0.25) is 11.8 Å². The van der Waals surface area contributed by atoms with E-state index >= 15 is 0 Å². The Balaban J connectivity index is 1.20. The van der Waals surface area contributed by atoms with Gasteiger partial charge in [0.15, 0.2) is 0 Å². The van der Waals surface area contributed by atoms with Crippen molar-refractivity contribution in [3.8, 4) is 0 Å². The molecule has 2 amide bonds. The van der Waals surface area contributed by atoms with Crippen LogP contribution in [0.25, 0.3) is 0 Å². The number of hydrogen-bond donors (Lipinski definition) is 2. The molecule has 164 valence electrons. The van der Waals surface area contributed by atoms with E-state index < -0.39 is 0 Å². The first kappa shape index (κ1) is 21.5. The molecule has 4 rings (SSSR count). The number of carbonyl (C=O) groups excluding carboxylic acids is 2. The van der Waals surface area contributed by atoms with Gasteiger partial charge >= 0.3 is 0 Å². The number of halogens is 1. The fourth-order valence-corrected chi connectivity index (χ4v) is 4.42. The van der Waals surface area contributed by atoms with E-state index in [1.165, 1.54) is 23.3 Å². The standard InChI is InChI=1S/C24H29FN4O2/c25-19-7-4-8-20(15-19)26-23(30)16-28-11-13-29(14-12-28)17-24(31)27-22-10-3-6-18-5-1-2-9-21(18)22/h1-2,4-5,7-9,15,22H,3,6,10-14,16-17H2,(H,26,30)(H,27,31)/t22-/m0/s1. The molecule has 0 unspecified atom stereocenters. The highest BCUT2D eigenvalue weighted by molar-refractivity contribution is 5.92. The minimum atomic E-state index is -0.374. The van der Waals surface area contributed by atoms with Crippen molar-refractivity contribution >= 4 is 17.5 Å². The second kappa shape index (κ2) is 10.0. The van der Waals surface area contributed by atoms with Crippen molar-refractivity contribution in [3.63, 3.8) is 0 Å². The van der Waals surface area contributed by atoms with Gasteiger partial charge in [-0.05, 0) is 48.6 Å². The molecule has 6 nitrogen and oxygen atoms in total. The summed E-state index contributed by atoms with van der Waals surface area (Å²) in [6.07, 6.45) is 3.16. The highest BCUT2D eigenvalue weighted by atomic mass is 19.1. The topological polar surface area (TPSA) is 64.7 Å². The summed E-state index contributed by atoms with van der Waals surface area (Å²) in [5.74, 6) is -0.479. The Morgan fingerprint density at radius 2 is 1.65 bits per heavy atom. The van der Waals surface area contributed by atoms with E-state index in [1.807, 2.05) is 6.07 Å². The van der Waals surface area contributed by atoms with Crippen LogP contribution in [0.5, 0.6) is 0 Å². The molecular weight excluding hydrogens is 395 g/mol. The van der Waals surface area contributed by atoms with E-state index in [1.54, 1.807) is 12.1 Å². The SMILES string of the molecule is O=C(CN1CCN(CC(=O)N[C@H]2CCCc3ccccc32)CC1)Nc1cccc(F)c1. The van der Waals surface area contributed by atoms with E-state index in [4.69, 9.17) is 0 Å². The molecule has 2 aromatic carbocycles. The van der Waals surface area contributed by atoms with Gasteiger partial charge in [0.1, 0.15) is 5.82 Å². The summed E-state index contributed by atoms with van der Waals surface area (Å²) in [5.41, 5.74) is 3.05. The zero-order valence-corrected chi connectivity index (χ0v) is 17.6. The molecule has 1 saturated heterocycles. The molecule has 1 fully saturated rings. The average Bonchev–Trinajstić information content (AvgIpc) is 2.75. The molecule has 0 aromatic heterocycles. The predicted molar refractivity (Wildman–Crippen MR) is 118 cm³/mol. The Labute approximate surface area is 182 Å². The first-order valence-corrected chi connectivity index (χ1v) is 10.9. The maximum atomic E-state index is 13.2. The Morgan fingerprint density at radius 1 is 0.935 bits per heavy atom. The Bertz CT molecular complexity index is 927. The molecule has 31 heavy (non-hydrogen) atoms. The van der Waals surface area contributed by atoms with Crippen LogP contribution in [0.4, 0.5) is 10.1 Å². The minimum absolute atomic E-state index is 0.0546. The van der Waals surface area contributed by atoms with Crippen molar-refractivity contribution in [3.05, 3.63) is 65.5 Å². The molecule has 1 aliphatic carbocycles. The van der Waals surface area contributed by atoms with E-state index in [-0.39, 0.29) is 30.2 Å². The number of amides is 2. The first-order valence-electron chi connectivity index (χ1n) is 10.9. The molecule has 1 atom stereocenters. The fourth-order valence-electron chi connectivity index (χ4n) is 4.42. The lowest BCUT2D eigenvalue weighted by molar-refractivity contribution is -0.124. The van der Waals surface area contributed by atoms with Crippen LogP contribution in [-0.4, -0.2) is 60.9 Å². The van der Waals surface area contributed by atoms with Crippen molar-refractivity contribution in [2.75, 3.05) is 44.6 Å². The first-order chi connectivity index (χ1) is 15.1. The number of benzene rings is 2. The quantitative estimate of drug-likeness (QED) is 0.748. The van der Waals surface area contributed by atoms with Crippen LogP contribution in [0.2, 0.25) is 0 Å². The van der Waals surface area contributed by atoms with Gasteiger partial charge in [0.05, 0.1) is 19.1 Å². The number of fused-ring (bicyclic) bond motifs is 1. The molecule has 1 heterocycles. The zero-order valence-electron chi connectivity index (χ0n) is 17.6. The average molecular weight is 425 g/mol. The summed E-state index contributed by atoms with van der Waals surface area (Å²) in [6, 6.07) is 14.4. The maximum absolute atomic E-state index is 13.2. The van der Waals surface area contributed by atoms with E-state index in [0.29, 0.717) is 12.2 Å². The van der Waals surface area contributed by atoms with Gasteiger partial charge in [-0.25, -0.2) is 4.39 Å². The van der Waals surface area contributed by atoms with Gasteiger partial charge in [-0.15, -0.1) is 0 Å². The Kier molecular flexibility index (Phi) is 6.94. The predicted octanol–water partition coefficient (Wildman–Crippen LogP) is 2.58. The second-order valence-electron chi connectivity index (χ2n) is 8.32. The molecule has 0 bridgehead atoms. The minimum Gasteiger partial charge on any atom is -0.348 e. The lowest BCUT2D eigenvalue weighted by atomic mass is 9.88. The molecule has 0 saturated carbocycles. The molecule has 2 aliphatic rings. The van der Waals surface area contributed by atoms with Crippen molar-refractivity contribution in [1.82, 2.24) is 15.1 Å². The highest BCUT2D eigenvalue weighted by Gasteiger charge is 2.24. The van der Waals surface area contributed by atoms with E-state index in [2.05, 4.69) is 38.6 Å². The Morgan fingerprint density at radius 3 is 2.39 bits per heavy atom. The van der Waals surface area contributed by atoms with Crippen molar-refractivity contribution in [1.29, 1.82) is 0 Å². The summed E-state index contributed by atoms with van der Waals surface area (Å²) in [4.78, 5) is 29.0. The fraction of sp³-hybridized carbons (Fsp3) is 0.417. The molecule has 7 heteroatoms. The van der Waals surface area contributed by atoms with Gasteiger partial charge in [-0.3, -0.25) is 19.4 Å². The van der Waals surface area contributed by atoms with Crippen LogP contribution in [-0.2, 0) is 16.0 Å². The molecular formula is C24H29FN4O2. The molecule has 1 aliphatic heterocycles. The third kappa shape index (κ3) is 5.89. The third-order valence-electron chi connectivity index (χ3n) is 6.01. The number of carbonyl (C=O) groups is 2. The van der Waals surface area contributed by atoms with Crippen LogP contribution < -0.4 is 10.6 Å². The van der Waals surface area contributed by atoms with Gasteiger partial charge in [0.25, 0.3) is 0 Å². The lowest BCUT2D eigenvalue weighted by Gasteiger charge is -2.34. The van der Waals surface area contributed by atoms with Crippen molar-refractivity contribution in [2.24, 2.45) is 0 Å². The number of piperazine rings is 1. The van der Waals surface area contributed by atoms with Crippen LogP contribution in [0, 0.1) is 5.82 Å². The summed E-state index contributed by atoms with van der Waals surface area (Å²) in [5, 5.41) is 5.94. The summed E-state index contributed by atoms with van der Waals surface area (Å²) < 4.78 is 13.2. The van der Waals surface area contributed by atoms with Gasteiger partial charge < -0.3 is 10.6 Å². The lowest BCUT2D eigenvalue weighted by Crippen LogP contribution is -2.51.